The standard InChI is InChI=1S/C18H28N2O2/c1-3-11-20(18(21)14-19-10-12-22-2)17-9-8-15-6-4-5-7-16(15)13-17/h4-7,17,19H,3,8-14H2,1-2H3. The predicted octanol–water partition coefficient (Wildman–Crippen LogP) is 2.02. The Hall–Kier alpha value is -1.39. The second-order valence-corrected chi connectivity index (χ2v) is 5.92. The number of amides is 1. The molecule has 1 atom stereocenters. The highest BCUT2D eigenvalue weighted by Gasteiger charge is 2.26. The summed E-state index contributed by atoms with van der Waals surface area (Å²) in [6, 6.07) is 8.95. The number of rotatable bonds is 8. The molecule has 0 bridgehead atoms. The molecule has 0 spiro atoms. The first-order valence-corrected chi connectivity index (χ1v) is 8.32. The van der Waals surface area contributed by atoms with Gasteiger partial charge in [-0.3, -0.25) is 4.79 Å². The van der Waals surface area contributed by atoms with E-state index in [1.54, 1.807) is 7.11 Å². The Morgan fingerprint density at radius 2 is 2.14 bits per heavy atom. The number of hydrogen-bond acceptors (Lipinski definition) is 3. The number of benzene rings is 1. The summed E-state index contributed by atoms with van der Waals surface area (Å²) in [6.45, 7) is 4.74. The van der Waals surface area contributed by atoms with Gasteiger partial charge in [0.2, 0.25) is 5.91 Å². The van der Waals surface area contributed by atoms with E-state index in [1.807, 2.05) is 0 Å². The molecule has 0 heterocycles. The van der Waals surface area contributed by atoms with Gasteiger partial charge in [-0.1, -0.05) is 31.2 Å². The number of nitrogens with one attached hydrogen (secondary N) is 1. The molecule has 1 aliphatic rings. The van der Waals surface area contributed by atoms with Gasteiger partial charge in [0.25, 0.3) is 0 Å². The van der Waals surface area contributed by atoms with Crippen LogP contribution in [0, 0.1) is 0 Å². The molecular weight excluding hydrogens is 276 g/mol. The summed E-state index contributed by atoms with van der Waals surface area (Å²) in [5, 5.41) is 3.17. The molecule has 0 aromatic heterocycles. The number of hydrogen-bond donors (Lipinski definition) is 1. The van der Waals surface area contributed by atoms with Crippen molar-refractivity contribution in [3.8, 4) is 0 Å². The Labute approximate surface area is 133 Å². The number of methoxy groups -OCH3 is 1. The zero-order chi connectivity index (χ0) is 15.8. The predicted molar refractivity (Wildman–Crippen MR) is 89.0 cm³/mol. The Morgan fingerprint density at radius 1 is 1.36 bits per heavy atom. The zero-order valence-corrected chi connectivity index (χ0v) is 13.8. The highest BCUT2D eigenvalue weighted by atomic mass is 16.5. The van der Waals surface area contributed by atoms with Gasteiger partial charge in [0.15, 0.2) is 0 Å². The van der Waals surface area contributed by atoms with Crippen molar-refractivity contribution < 1.29 is 9.53 Å². The first-order valence-electron chi connectivity index (χ1n) is 8.32. The van der Waals surface area contributed by atoms with Crippen LogP contribution in [0.4, 0.5) is 0 Å². The first kappa shape index (κ1) is 17.0. The first-order chi connectivity index (χ1) is 10.8. The lowest BCUT2D eigenvalue weighted by molar-refractivity contribution is -0.132. The van der Waals surface area contributed by atoms with E-state index in [0.717, 1.165) is 38.8 Å². The average molecular weight is 304 g/mol. The number of ether oxygens (including phenoxy) is 1. The number of nitrogens with zero attached hydrogens (tertiary/aromatic N) is 1. The van der Waals surface area contributed by atoms with Crippen molar-refractivity contribution >= 4 is 5.91 Å². The molecule has 0 aliphatic heterocycles. The van der Waals surface area contributed by atoms with Crippen LogP contribution in [0.15, 0.2) is 24.3 Å². The Bertz CT molecular complexity index is 476. The van der Waals surface area contributed by atoms with Crippen LogP contribution < -0.4 is 5.32 Å². The zero-order valence-electron chi connectivity index (χ0n) is 13.8. The van der Waals surface area contributed by atoms with Crippen LogP contribution in [0.1, 0.15) is 30.9 Å². The summed E-state index contributed by atoms with van der Waals surface area (Å²) in [6.07, 6.45) is 4.13. The Kier molecular flexibility index (Phi) is 6.87. The van der Waals surface area contributed by atoms with Crippen LogP contribution in [0.25, 0.3) is 0 Å². The van der Waals surface area contributed by atoms with Gasteiger partial charge in [0.1, 0.15) is 0 Å². The summed E-state index contributed by atoms with van der Waals surface area (Å²) in [4.78, 5) is 14.6. The monoisotopic (exact) mass is 304 g/mol. The van der Waals surface area contributed by atoms with E-state index in [9.17, 15) is 4.79 Å². The highest BCUT2D eigenvalue weighted by molar-refractivity contribution is 5.78. The molecule has 1 amide bonds. The normalized spacial score (nSPS) is 17.1. The van der Waals surface area contributed by atoms with Crippen molar-refractivity contribution in [1.29, 1.82) is 0 Å². The van der Waals surface area contributed by atoms with E-state index >= 15 is 0 Å². The number of carbonyl (C=O) groups excluding carboxylic acids is 1. The minimum atomic E-state index is 0.210. The molecule has 0 fully saturated rings. The largest absolute Gasteiger partial charge is 0.383 e. The SMILES string of the molecule is CCCN(C(=O)CNCCOC)C1CCc2ccccc2C1. The van der Waals surface area contributed by atoms with Gasteiger partial charge in [-0.05, 0) is 36.8 Å². The van der Waals surface area contributed by atoms with Crippen LogP contribution in [0.2, 0.25) is 0 Å². The number of carbonyl (C=O) groups is 1. The summed E-state index contributed by atoms with van der Waals surface area (Å²) < 4.78 is 5.00. The van der Waals surface area contributed by atoms with Gasteiger partial charge in [-0.15, -0.1) is 0 Å². The van der Waals surface area contributed by atoms with Gasteiger partial charge in [-0.25, -0.2) is 0 Å². The lowest BCUT2D eigenvalue weighted by Crippen LogP contribution is -2.47. The molecule has 4 nitrogen and oxygen atoms in total. The molecule has 1 unspecified atom stereocenters. The summed E-state index contributed by atoms with van der Waals surface area (Å²) in [5.74, 6) is 0.210. The molecular formula is C18H28N2O2. The van der Waals surface area contributed by atoms with E-state index in [0.29, 0.717) is 19.2 Å². The van der Waals surface area contributed by atoms with Crippen LogP contribution in [-0.4, -0.2) is 50.2 Å². The van der Waals surface area contributed by atoms with E-state index in [-0.39, 0.29) is 5.91 Å². The molecule has 1 aliphatic carbocycles. The lowest BCUT2D eigenvalue weighted by Gasteiger charge is -2.35. The topological polar surface area (TPSA) is 41.6 Å². The average Bonchev–Trinajstić information content (AvgIpc) is 2.56. The van der Waals surface area contributed by atoms with E-state index in [2.05, 4.69) is 41.4 Å². The van der Waals surface area contributed by atoms with E-state index in [4.69, 9.17) is 4.74 Å². The molecule has 22 heavy (non-hydrogen) atoms. The van der Waals surface area contributed by atoms with Gasteiger partial charge in [0.05, 0.1) is 13.2 Å². The fourth-order valence-electron chi connectivity index (χ4n) is 3.17. The molecule has 0 saturated heterocycles. The lowest BCUT2D eigenvalue weighted by atomic mass is 9.87. The van der Waals surface area contributed by atoms with E-state index < -0.39 is 0 Å². The van der Waals surface area contributed by atoms with Gasteiger partial charge < -0.3 is 15.0 Å². The minimum Gasteiger partial charge on any atom is -0.383 e. The maximum absolute atomic E-state index is 12.5. The second kappa shape index (κ2) is 8.91. The Morgan fingerprint density at radius 3 is 2.86 bits per heavy atom. The van der Waals surface area contributed by atoms with Gasteiger partial charge in [-0.2, -0.15) is 0 Å². The molecule has 2 rings (SSSR count). The van der Waals surface area contributed by atoms with Crippen molar-refractivity contribution in [2.75, 3.05) is 33.4 Å². The van der Waals surface area contributed by atoms with Crippen molar-refractivity contribution in [2.45, 2.75) is 38.6 Å². The minimum absolute atomic E-state index is 0.210. The smallest absolute Gasteiger partial charge is 0.236 e. The summed E-state index contributed by atoms with van der Waals surface area (Å²) >= 11 is 0. The number of aryl methyl sites for hydroxylation is 1. The fourth-order valence-corrected chi connectivity index (χ4v) is 3.17. The van der Waals surface area contributed by atoms with Crippen molar-refractivity contribution in [1.82, 2.24) is 10.2 Å². The molecule has 122 valence electrons. The van der Waals surface area contributed by atoms with Crippen LogP contribution >= 0.6 is 0 Å². The second-order valence-electron chi connectivity index (χ2n) is 5.92. The summed E-state index contributed by atoms with van der Waals surface area (Å²) in [7, 11) is 1.67. The van der Waals surface area contributed by atoms with Crippen molar-refractivity contribution in [2.24, 2.45) is 0 Å². The molecule has 1 N–H and O–H groups in total. The fraction of sp³-hybridized carbons (Fsp3) is 0.611. The van der Waals surface area contributed by atoms with Gasteiger partial charge in [0, 0.05) is 26.2 Å². The van der Waals surface area contributed by atoms with Crippen molar-refractivity contribution in [3.63, 3.8) is 0 Å². The van der Waals surface area contributed by atoms with Gasteiger partial charge >= 0.3 is 0 Å². The number of fused-ring (bicyclic) bond motifs is 1. The van der Waals surface area contributed by atoms with Crippen LogP contribution in [-0.2, 0) is 22.4 Å². The van der Waals surface area contributed by atoms with Crippen molar-refractivity contribution in [3.05, 3.63) is 35.4 Å². The maximum Gasteiger partial charge on any atom is 0.236 e. The highest BCUT2D eigenvalue weighted by Crippen LogP contribution is 2.24. The Balaban J connectivity index is 1.95. The molecule has 1 aromatic carbocycles. The van der Waals surface area contributed by atoms with Crippen LogP contribution in [0.3, 0.4) is 0 Å². The van der Waals surface area contributed by atoms with Crippen LogP contribution in [0.5, 0.6) is 0 Å². The molecule has 1 aromatic rings. The van der Waals surface area contributed by atoms with E-state index in [1.165, 1.54) is 11.1 Å². The molecule has 0 radical (unpaired) electrons. The maximum atomic E-state index is 12.5. The molecule has 0 saturated carbocycles. The third kappa shape index (κ3) is 4.55. The molecule has 4 heteroatoms. The quantitative estimate of drug-likeness (QED) is 0.747. The third-order valence-electron chi connectivity index (χ3n) is 4.31. The third-order valence-corrected chi connectivity index (χ3v) is 4.31. The summed E-state index contributed by atoms with van der Waals surface area (Å²) in [5.41, 5.74) is 2.85.